The molecule has 0 aliphatic rings. The Kier molecular flexibility index (Phi) is 12.0. The van der Waals surface area contributed by atoms with E-state index in [1.807, 2.05) is 42.6 Å². The molecule has 0 atom stereocenters. The number of hydrogen-bond donors (Lipinski definition) is 2. The number of benzene rings is 1. The van der Waals surface area contributed by atoms with E-state index in [2.05, 4.69) is 20.6 Å². The maximum atomic E-state index is 8.86. The van der Waals surface area contributed by atoms with Crippen LogP contribution in [0.5, 0.6) is 11.5 Å². The van der Waals surface area contributed by atoms with E-state index in [9.17, 15) is 0 Å². The van der Waals surface area contributed by atoms with Gasteiger partial charge in [0, 0.05) is 18.8 Å². The van der Waals surface area contributed by atoms with Gasteiger partial charge in [-0.25, -0.2) is 0 Å². The first-order valence-electron chi connectivity index (χ1n) is 11.0. The first-order chi connectivity index (χ1) is 15.3. The summed E-state index contributed by atoms with van der Waals surface area (Å²) in [4.78, 5) is 8.47. The number of hydrogen-bond acceptors (Lipinski definition) is 5. The molecule has 7 heteroatoms. The molecule has 1 aromatic carbocycles. The van der Waals surface area contributed by atoms with Crippen LogP contribution in [0.1, 0.15) is 51.4 Å². The van der Waals surface area contributed by atoms with Crippen LogP contribution in [-0.4, -0.2) is 31.2 Å². The molecule has 0 radical (unpaired) electrons. The average Bonchev–Trinajstić information content (AvgIpc) is 2.80. The summed E-state index contributed by atoms with van der Waals surface area (Å²) in [6, 6.07) is 11.4. The van der Waals surface area contributed by atoms with Gasteiger partial charge in [0.2, 0.25) is 5.96 Å². The van der Waals surface area contributed by atoms with Crippen molar-refractivity contribution in [1.29, 1.82) is 5.26 Å². The predicted molar refractivity (Wildman–Crippen MR) is 124 cm³/mol. The number of nitrogens with one attached hydrogen (secondary N) is 2. The van der Waals surface area contributed by atoms with Gasteiger partial charge in [0.1, 0.15) is 11.5 Å². The second-order valence-corrected chi connectivity index (χ2v) is 7.19. The minimum Gasteiger partial charge on any atom is -0.497 e. The van der Waals surface area contributed by atoms with E-state index in [4.69, 9.17) is 14.7 Å². The van der Waals surface area contributed by atoms with Gasteiger partial charge >= 0.3 is 0 Å². The number of aromatic nitrogens is 1. The minimum atomic E-state index is 0.465. The standard InChI is InChI=1S/C24H33N5O2/c1-30-22-13-10-14-23(18-22)31-17-9-7-5-3-2-4-6-8-16-27-24(28-20-25)29-21-12-11-15-26-19-21/h10-15,18-19H,2-9,16-17H2,1H3,(H2,27,28,29). The fourth-order valence-electron chi connectivity index (χ4n) is 3.08. The van der Waals surface area contributed by atoms with Gasteiger partial charge in [-0.2, -0.15) is 5.26 Å². The molecule has 0 unspecified atom stereocenters. The van der Waals surface area contributed by atoms with Crippen LogP contribution in [0, 0.1) is 11.5 Å². The molecule has 1 aromatic heterocycles. The summed E-state index contributed by atoms with van der Waals surface area (Å²) in [5.74, 6) is 2.16. The third-order valence-corrected chi connectivity index (χ3v) is 4.73. The van der Waals surface area contributed by atoms with E-state index in [0.717, 1.165) is 43.1 Å². The summed E-state index contributed by atoms with van der Waals surface area (Å²) in [5, 5.41) is 14.5. The van der Waals surface area contributed by atoms with Gasteiger partial charge in [-0.05, 0) is 37.1 Å². The fourth-order valence-corrected chi connectivity index (χ4v) is 3.08. The highest BCUT2D eigenvalue weighted by molar-refractivity contribution is 5.94. The molecule has 7 nitrogen and oxygen atoms in total. The van der Waals surface area contributed by atoms with Crippen molar-refractivity contribution in [2.45, 2.75) is 51.4 Å². The van der Waals surface area contributed by atoms with Crippen molar-refractivity contribution in [2.24, 2.45) is 4.99 Å². The number of anilines is 1. The molecule has 0 saturated carbocycles. The fraction of sp³-hybridized carbons (Fsp3) is 0.458. The lowest BCUT2D eigenvalue weighted by Gasteiger charge is -2.08. The number of methoxy groups -OCH3 is 1. The third-order valence-electron chi connectivity index (χ3n) is 4.73. The van der Waals surface area contributed by atoms with E-state index >= 15 is 0 Å². The zero-order chi connectivity index (χ0) is 22.0. The number of guanidine groups is 1. The van der Waals surface area contributed by atoms with E-state index in [1.165, 1.54) is 32.1 Å². The van der Waals surface area contributed by atoms with Crippen LogP contribution >= 0.6 is 0 Å². The molecular formula is C24H33N5O2. The number of aliphatic imine (C=N–C) groups is 1. The van der Waals surface area contributed by atoms with Crippen molar-refractivity contribution in [3.63, 3.8) is 0 Å². The molecule has 31 heavy (non-hydrogen) atoms. The SMILES string of the molecule is COc1cccc(OCCCCCCCCCCN=C(NC#N)Nc2cccnc2)c1. The van der Waals surface area contributed by atoms with Crippen molar-refractivity contribution in [3.05, 3.63) is 48.8 Å². The zero-order valence-corrected chi connectivity index (χ0v) is 18.3. The Hall–Kier alpha value is -3.27. The number of rotatable bonds is 14. The average molecular weight is 424 g/mol. The minimum absolute atomic E-state index is 0.465. The lowest BCUT2D eigenvalue weighted by atomic mass is 10.1. The molecular weight excluding hydrogens is 390 g/mol. The van der Waals surface area contributed by atoms with Gasteiger partial charge in [-0.3, -0.25) is 15.3 Å². The highest BCUT2D eigenvalue weighted by atomic mass is 16.5. The molecule has 0 spiro atoms. The van der Waals surface area contributed by atoms with Crippen LogP contribution in [-0.2, 0) is 0 Å². The first-order valence-corrected chi connectivity index (χ1v) is 11.0. The molecule has 0 bridgehead atoms. The van der Waals surface area contributed by atoms with E-state index in [0.29, 0.717) is 12.5 Å². The Morgan fingerprint density at radius 3 is 2.45 bits per heavy atom. The number of ether oxygens (including phenoxy) is 2. The number of pyridine rings is 1. The molecule has 2 aromatic rings. The lowest BCUT2D eigenvalue weighted by Crippen LogP contribution is -2.27. The molecule has 2 N–H and O–H groups in total. The van der Waals surface area contributed by atoms with Gasteiger partial charge < -0.3 is 14.8 Å². The van der Waals surface area contributed by atoms with Crippen LogP contribution in [0.3, 0.4) is 0 Å². The summed E-state index contributed by atoms with van der Waals surface area (Å²) >= 11 is 0. The second-order valence-electron chi connectivity index (χ2n) is 7.19. The van der Waals surface area contributed by atoms with Gasteiger partial charge in [0.05, 0.1) is 25.6 Å². The van der Waals surface area contributed by atoms with E-state index in [1.54, 1.807) is 19.5 Å². The van der Waals surface area contributed by atoms with Crippen LogP contribution in [0.15, 0.2) is 53.8 Å². The number of unbranched alkanes of at least 4 members (excludes halogenated alkanes) is 7. The number of nitriles is 1. The maximum Gasteiger partial charge on any atom is 0.209 e. The van der Waals surface area contributed by atoms with Crippen LogP contribution < -0.4 is 20.1 Å². The van der Waals surface area contributed by atoms with Gasteiger partial charge in [0.15, 0.2) is 6.19 Å². The zero-order valence-electron chi connectivity index (χ0n) is 18.3. The normalized spacial score (nSPS) is 10.9. The summed E-state index contributed by atoms with van der Waals surface area (Å²) in [6.07, 6.45) is 14.7. The van der Waals surface area contributed by atoms with Crippen molar-refractivity contribution in [2.75, 3.05) is 25.6 Å². The number of nitrogens with zero attached hydrogens (tertiary/aromatic N) is 3. The molecule has 0 aliphatic heterocycles. The second kappa shape index (κ2) is 15.6. The van der Waals surface area contributed by atoms with Gasteiger partial charge in [0.25, 0.3) is 0 Å². The van der Waals surface area contributed by atoms with Crippen molar-refractivity contribution in [3.8, 4) is 17.7 Å². The Morgan fingerprint density at radius 2 is 1.74 bits per heavy atom. The van der Waals surface area contributed by atoms with Gasteiger partial charge in [-0.15, -0.1) is 0 Å². The molecule has 1 heterocycles. The lowest BCUT2D eigenvalue weighted by molar-refractivity contribution is 0.302. The largest absolute Gasteiger partial charge is 0.497 e. The highest BCUT2D eigenvalue weighted by Gasteiger charge is 1.99. The molecule has 0 fully saturated rings. The van der Waals surface area contributed by atoms with Crippen molar-refractivity contribution in [1.82, 2.24) is 10.3 Å². The Bertz CT molecular complexity index is 805. The van der Waals surface area contributed by atoms with Crippen LogP contribution in [0.25, 0.3) is 0 Å². The van der Waals surface area contributed by atoms with Crippen LogP contribution in [0.4, 0.5) is 5.69 Å². The molecule has 0 amide bonds. The summed E-state index contributed by atoms with van der Waals surface area (Å²) < 4.78 is 11.0. The summed E-state index contributed by atoms with van der Waals surface area (Å²) in [5.41, 5.74) is 0.804. The topological polar surface area (TPSA) is 91.6 Å². The smallest absolute Gasteiger partial charge is 0.209 e. The van der Waals surface area contributed by atoms with Crippen molar-refractivity contribution < 1.29 is 9.47 Å². The maximum absolute atomic E-state index is 8.86. The monoisotopic (exact) mass is 423 g/mol. The highest BCUT2D eigenvalue weighted by Crippen LogP contribution is 2.19. The third kappa shape index (κ3) is 10.9. The van der Waals surface area contributed by atoms with E-state index in [-0.39, 0.29) is 0 Å². The Morgan fingerprint density at radius 1 is 1.00 bits per heavy atom. The van der Waals surface area contributed by atoms with Gasteiger partial charge in [-0.1, -0.05) is 44.6 Å². The van der Waals surface area contributed by atoms with E-state index < -0.39 is 0 Å². The van der Waals surface area contributed by atoms with Crippen LogP contribution in [0.2, 0.25) is 0 Å². The van der Waals surface area contributed by atoms with Crippen molar-refractivity contribution >= 4 is 11.6 Å². The molecule has 0 saturated heterocycles. The molecule has 2 rings (SSSR count). The first kappa shape index (κ1) is 24.0. The molecule has 0 aliphatic carbocycles. The Balaban J connectivity index is 1.45. The summed E-state index contributed by atoms with van der Waals surface area (Å²) in [6.45, 7) is 1.44. The molecule has 166 valence electrons. The quantitative estimate of drug-likeness (QED) is 0.144. The predicted octanol–water partition coefficient (Wildman–Crippen LogP) is 5.13. The summed E-state index contributed by atoms with van der Waals surface area (Å²) in [7, 11) is 1.66. The Labute approximate surface area is 185 Å².